The zero-order valence-electron chi connectivity index (χ0n) is 18.8. The number of benzene rings is 4. The first kappa shape index (κ1) is 24.4. The van der Waals surface area contributed by atoms with E-state index in [2.05, 4.69) is 10.5 Å². The van der Waals surface area contributed by atoms with Crippen LogP contribution in [-0.2, 0) is 10.1 Å². The molecule has 0 saturated carbocycles. The van der Waals surface area contributed by atoms with E-state index in [0.717, 1.165) is 22.9 Å². The van der Waals surface area contributed by atoms with Gasteiger partial charge in [0.1, 0.15) is 0 Å². The molecular weight excluding hydrogens is 486 g/mol. The number of ether oxygens (including phenoxy) is 1. The van der Waals surface area contributed by atoms with Crippen LogP contribution in [0.3, 0.4) is 0 Å². The number of para-hydroxylation sites is 1. The molecule has 182 valence electrons. The highest BCUT2D eigenvalue weighted by Crippen LogP contribution is 2.32. The van der Waals surface area contributed by atoms with Crippen LogP contribution >= 0.6 is 0 Å². The second-order valence-electron chi connectivity index (χ2n) is 7.43. The van der Waals surface area contributed by atoms with E-state index >= 15 is 0 Å². The van der Waals surface area contributed by atoms with E-state index in [1.807, 2.05) is 30.3 Å². The van der Waals surface area contributed by atoms with E-state index < -0.39 is 31.5 Å². The summed E-state index contributed by atoms with van der Waals surface area (Å²) in [5.41, 5.74) is 2.59. The molecule has 0 aromatic heterocycles. The summed E-state index contributed by atoms with van der Waals surface area (Å²) in [7, 11) is -3.25. The average Bonchev–Trinajstić information content (AvgIpc) is 2.88. The van der Waals surface area contributed by atoms with E-state index in [1.165, 1.54) is 37.6 Å². The van der Waals surface area contributed by atoms with Gasteiger partial charge in [0.2, 0.25) is 0 Å². The fourth-order valence-corrected chi connectivity index (χ4v) is 4.48. The molecule has 0 saturated heterocycles. The summed E-state index contributed by atoms with van der Waals surface area (Å²) in [4.78, 5) is 22.3. The molecule has 0 spiro atoms. The molecule has 0 fully saturated rings. The van der Waals surface area contributed by atoms with Crippen LogP contribution in [0.1, 0.15) is 15.9 Å². The van der Waals surface area contributed by atoms with Gasteiger partial charge in [0.05, 0.1) is 18.2 Å². The Labute approximate surface area is 206 Å². The first-order valence-electron chi connectivity index (χ1n) is 10.5. The van der Waals surface area contributed by atoms with Crippen LogP contribution in [0.2, 0.25) is 0 Å². The highest BCUT2D eigenvalue weighted by molar-refractivity contribution is 7.87. The Balaban J connectivity index is 1.54. The summed E-state index contributed by atoms with van der Waals surface area (Å²) >= 11 is 0. The van der Waals surface area contributed by atoms with Gasteiger partial charge in [0.25, 0.3) is 11.6 Å². The fraction of sp³-hybridized carbons (Fsp3) is 0.0400. The zero-order valence-corrected chi connectivity index (χ0v) is 19.6. The molecule has 0 aliphatic rings. The normalized spacial score (nSPS) is 11.4. The maximum atomic E-state index is 12.8. The van der Waals surface area contributed by atoms with Crippen molar-refractivity contribution in [3.8, 4) is 11.5 Å². The molecule has 11 heteroatoms. The molecule has 10 nitrogen and oxygen atoms in total. The first-order valence-corrected chi connectivity index (χ1v) is 11.9. The number of carbonyl (C=O) groups is 1. The quantitative estimate of drug-likeness (QED) is 0.163. The number of nitro groups is 1. The van der Waals surface area contributed by atoms with Gasteiger partial charge in [0.15, 0.2) is 16.4 Å². The molecule has 1 amide bonds. The maximum absolute atomic E-state index is 12.8. The Bertz CT molecular complexity index is 1600. The Morgan fingerprint density at radius 2 is 1.67 bits per heavy atom. The van der Waals surface area contributed by atoms with Gasteiger partial charge in [-0.2, -0.15) is 13.5 Å². The van der Waals surface area contributed by atoms with Crippen LogP contribution in [0.4, 0.5) is 5.69 Å². The molecule has 0 radical (unpaired) electrons. The largest absolute Gasteiger partial charge is 0.493 e. The fourth-order valence-electron chi connectivity index (χ4n) is 3.38. The molecule has 0 aliphatic carbocycles. The first-order chi connectivity index (χ1) is 17.3. The molecule has 0 aliphatic heterocycles. The summed E-state index contributed by atoms with van der Waals surface area (Å²) in [6.45, 7) is 0. The molecule has 36 heavy (non-hydrogen) atoms. The van der Waals surface area contributed by atoms with Gasteiger partial charge < -0.3 is 8.92 Å². The molecule has 0 heterocycles. The summed E-state index contributed by atoms with van der Waals surface area (Å²) in [5, 5.41) is 17.1. The van der Waals surface area contributed by atoms with Crippen molar-refractivity contribution < 1.29 is 27.1 Å². The Morgan fingerprint density at radius 3 is 2.42 bits per heavy atom. The van der Waals surface area contributed by atoms with Crippen molar-refractivity contribution in [1.29, 1.82) is 0 Å². The molecule has 4 aromatic carbocycles. The van der Waals surface area contributed by atoms with Crippen LogP contribution in [0.5, 0.6) is 11.5 Å². The average molecular weight is 506 g/mol. The number of hydrogen-bond acceptors (Lipinski definition) is 8. The SMILES string of the molecule is COc1ccc(/C=N\NC(=O)c2ccc3ccccc3c2)cc1OS(=O)(=O)c1ccccc1[N+](=O)[O-]. The summed E-state index contributed by atoms with van der Waals surface area (Å²) in [6.07, 6.45) is 1.29. The topological polar surface area (TPSA) is 137 Å². The number of amides is 1. The number of methoxy groups -OCH3 is 1. The number of nitro benzene ring substituents is 1. The van der Waals surface area contributed by atoms with Gasteiger partial charge in [-0.25, -0.2) is 5.43 Å². The second-order valence-corrected chi connectivity index (χ2v) is 8.95. The predicted octanol–water partition coefficient (Wildman–Crippen LogP) is 4.29. The van der Waals surface area contributed by atoms with Crippen molar-refractivity contribution in [2.75, 3.05) is 7.11 Å². The van der Waals surface area contributed by atoms with E-state index in [-0.39, 0.29) is 11.5 Å². The lowest BCUT2D eigenvalue weighted by atomic mass is 10.1. The van der Waals surface area contributed by atoms with Gasteiger partial charge in [0, 0.05) is 11.6 Å². The van der Waals surface area contributed by atoms with Gasteiger partial charge >= 0.3 is 10.1 Å². The minimum absolute atomic E-state index is 0.0782. The van der Waals surface area contributed by atoms with Crippen LogP contribution in [0, 0.1) is 10.1 Å². The van der Waals surface area contributed by atoms with E-state index in [4.69, 9.17) is 8.92 Å². The number of hydrogen-bond donors (Lipinski definition) is 1. The van der Waals surface area contributed by atoms with Gasteiger partial charge in [-0.3, -0.25) is 14.9 Å². The highest BCUT2D eigenvalue weighted by Gasteiger charge is 2.28. The molecule has 0 unspecified atom stereocenters. The number of fused-ring (bicyclic) bond motifs is 1. The maximum Gasteiger partial charge on any atom is 0.346 e. The Morgan fingerprint density at radius 1 is 0.944 bits per heavy atom. The number of hydrazone groups is 1. The second kappa shape index (κ2) is 10.2. The van der Waals surface area contributed by atoms with Gasteiger partial charge in [-0.1, -0.05) is 42.5 Å². The van der Waals surface area contributed by atoms with Crippen molar-refractivity contribution >= 4 is 38.7 Å². The standard InChI is InChI=1S/C25H19N3O7S/c1-34-22-13-10-17(14-23(22)35-36(32,33)24-9-5-4-8-21(24)28(30)31)16-26-27-25(29)20-12-11-18-6-2-3-7-19(18)15-20/h2-16H,1H3,(H,27,29)/b26-16-. The lowest BCUT2D eigenvalue weighted by Crippen LogP contribution is -2.17. The van der Waals surface area contributed by atoms with Crippen molar-refractivity contribution in [2.24, 2.45) is 5.10 Å². The van der Waals surface area contributed by atoms with Gasteiger partial charge in [-0.05, 0) is 52.7 Å². The van der Waals surface area contributed by atoms with Crippen molar-refractivity contribution in [2.45, 2.75) is 4.90 Å². The summed E-state index contributed by atoms with van der Waals surface area (Å²) < 4.78 is 35.9. The molecule has 4 aromatic rings. The highest BCUT2D eigenvalue weighted by atomic mass is 32.2. The predicted molar refractivity (Wildman–Crippen MR) is 133 cm³/mol. The molecule has 4 rings (SSSR count). The third-order valence-electron chi connectivity index (χ3n) is 5.11. The monoisotopic (exact) mass is 505 g/mol. The molecular formula is C25H19N3O7S. The minimum Gasteiger partial charge on any atom is -0.493 e. The Hall–Kier alpha value is -4.77. The smallest absolute Gasteiger partial charge is 0.346 e. The number of nitrogens with one attached hydrogen (secondary N) is 1. The van der Waals surface area contributed by atoms with Crippen molar-refractivity contribution in [3.63, 3.8) is 0 Å². The lowest BCUT2D eigenvalue weighted by Gasteiger charge is -2.11. The van der Waals surface area contributed by atoms with E-state index in [9.17, 15) is 23.3 Å². The minimum atomic E-state index is -4.56. The van der Waals surface area contributed by atoms with Crippen molar-refractivity contribution in [1.82, 2.24) is 5.43 Å². The van der Waals surface area contributed by atoms with Crippen LogP contribution < -0.4 is 14.3 Å². The molecule has 0 atom stereocenters. The van der Waals surface area contributed by atoms with Crippen LogP contribution in [0.25, 0.3) is 10.8 Å². The number of carbonyl (C=O) groups excluding carboxylic acids is 1. The van der Waals surface area contributed by atoms with Crippen LogP contribution in [0.15, 0.2) is 94.9 Å². The molecule has 1 N–H and O–H groups in total. The summed E-state index contributed by atoms with van der Waals surface area (Å²) in [5.74, 6) is -0.559. The van der Waals surface area contributed by atoms with E-state index in [0.29, 0.717) is 11.1 Å². The number of nitrogens with zero attached hydrogens (tertiary/aromatic N) is 2. The van der Waals surface area contributed by atoms with E-state index in [1.54, 1.807) is 18.2 Å². The third kappa shape index (κ3) is 5.31. The molecule has 0 bridgehead atoms. The summed E-state index contributed by atoms with van der Waals surface area (Å²) in [6, 6.07) is 22.0. The third-order valence-corrected chi connectivity index (χ3v) is 6.39. The Kier molecular flexibility index (Phi) is 6.93. The number of rotatable bonds is 8. The zero-order chi connectivity index (χ0) is 25.7. The van der Waals surface area contributed by atoms with Gasteiger partial charge in [-0.15, -0.1) is 0 Å². The van der Waals surface area contributed by atoms with Crippen molar-refractivity contribution in [3.05, 3.63) is 106 Å². The van der Waals surface area contributed by atoms with Crippen LogP contribution in [-0.4, -0.2) is 32.6 Å². The lowest BCUT2D eigenvalue weighted by molar-refractivity contribution is -0.387.